The molecule has 0 aromatic rings. The number of hydrogen-bond donors (Lipinski definition) is 0. The molecule has 0 N–H and O–H groups in total. The number of carbonyl (C=O) groups excluding carboxylic acids is 3. The van der Waals surface area contributed by atoms with Gasteiger partial charge in [-0.2, -0.15) is 0 Å². The molecule has 6 nitrogen and oxygen atoms in total. The van der Waals surface area contributed by atoms with Crippen LogP contribution in [0, 0.1) is 0 Å². The van der Waals surface area contributed by atoms with Gasteiger partial charge in [0.15, 0.2) is 6.10 Å². The highest BCUT2D eigenvalue weighted by molar-refractivity contribution is 5.71. The highest BCUT2D eigenvalue weighted by atomic mass is 16.6. The summed E-state index contributed by atoms with van der Waals surface area (Å²) in [4.78, 5) is 38.3. The van der Waals surface area contributed by atoms with Crippen molar-refractivity contribution in [3.05, 3.63) is 12.2 Å². The first-order valence-electron chi connectivity index (χ1n) is 37.2. The first kappa shape index (κ1) is 79.2. The predicted octanol–water partition coefficient (Wildman–Crippen LogP) is 25.6. The van der Waals surface area contributed by atoms with Crippen LogP contribution in [0.2, 0.25) is 0 Å². The number of allylic oxidation sites excluding steroid dienone is 2. The lowest BCUT2D eigenvalue weighted by molar-refractivity contribution is -0.167. The lowest BCUT2D eigenvalue weighted by Gasteiger charge is -2.18. The van der Waals surface area contributed by atoms with Crippen molar-refractivity contribution < 1.29 is 28.6 Å². The topological polar surface area (TPSA) is 78.9 Å². The number of hydrogen-bond acceptors (Lipinski definition) is 6. The lowest BCUT2D eigenvalue weighted by atomic mass is 10.0. The van der Waals surface area contributed by atoms with E-state index >= 15 is 0 Å². The normalized spacial score (nSPS) is 12.0. The Bertz CT molecular complexity index is 1260. The Morgan fingerprint density at radius 1 is 0.235 bits per heavy atom. The van der Waals surface area contributed by atoms with Crippen molar-refractivity contribution in [3.8, 4) is 0 Å². The monoisotopic (exact) mass is 1140 g/mol. The minimum absolute atomic E-state index is 0.0644. The molecule has 480 valence electrons. The van der Waals surface area contributed by atoms with E-state index in [9.17, 15) is 14.4 Å². The Labute approximate surface area is 507 Å². The third kappa shape index (κ3) is 68.8. The van der Waals surface area contributed by atoms with Gasteiger partial charge in [0.25, 0.3) is 0 Å². The van der Waals surface area contributed by atoms with Crippen molar-refractivity contribution in [1.82, 2.24) is 0 Å². The van der Waals surface area contributed by atoms with Crippen LogP contribution in [-0.4, -0.2) is 37.2 Å². The van der Waals surface area contributed by atoms with Gasteiger partial charge >= 0.3 is 17.9 Å². The SMILES string of the molecule is CCCCCCCC/C=C\CCCCCCCCCCCC(=O)OC(COC(=O)CCCCCCCCCCC)COC(=O)CCCCCCCCCCCCCCCCCCCCCCCCCCCCCCCCCCCCC. The van der Waals surface area contributed by atoms with E-state index in [0.717, 1.165) is 57.8 Å². The molecule has 6 heteroatoms. The van der Waals surface area contributed by atoms with Gasteiger partial charge in [0.2, 0.25) is 0 Å². The fourth-order valence-electron chi connectivity index (χ4n) is 11.7. The van der Waals surface area contributed by atoms with Crippen LogP contribution in [0.5, 0.6) is 0 Å². The maximum absolute atomic E-state index is 12.9. The van der Waals surface area contributed by atoms with Gasteiger partial charge in [0.05, 0.1) is 0 Å². The molecule has 0 bridgehead atoms. The highest BCUT2D eigenvalue weighted by Gasteiger charge is 2.20. The van der Waals surface area contributed by atoms with E-state index in [-0.39, 0.29) is 31.1 Å². The Hall–Kier alpha value is -1.85. The van der Waals surface area contributed by atoms with E-state index < -0.39 is 6.10 Å². The van der Waals surface area contributed by atoms with Gasteiger partial charge in [-0.15, -0.1) is 0 Å². The molecule has 0 radical (unpaired) electrons. The first-order chi connectivity index (χ1) is 40.0. The van der Waals surface area contributed by atoms with Crippen molar-refractivity contribution in [2.75, 3.05) is 13.2 Å². The number of ether oxygens (including phenoxy) is 3. The van der Waals surface area contributed by atoms with E-state index in [4.69, 9.17) is 14.2 Å². The van der Waals surface area contributed by atoms with E-state index in [1.165, 1.54) is 334 Å². The summed E-state index contributed by atoms with van der Waals surface area (Å²) in [6, 6.07) is 0. The maximum atomic E-state index is 12.9. The summed E-state index contributed by atoms with van der Waals surface area (Å²) in [5, 5.41) is 0. The molecule has 0 aromatic carbocycles. The number of carbonyl (C=O) groups is 3. The van der Waals surface area contributed by atoms with E-state index in [1.807, 2.05) is 0 Å². The van der Waals surface area contributed by atoms with E-state index in [2.05, 4.69) is 32.9 Å². The van der Waals surface area contributed by atoms with Gasteiger partial charge in [-0.3, -0.25) is 14.4 Å². The highest BCUT2D eigenvalue weighted by Crippen LogP contribution is 2.20. The molecule has 0 amide bonds. The first-order valence-corrected chi connectivity index (χ1v) is 37.2. The zero-order valence-electron chi connectivity index (χ0n) is 55.4. The van der Waals surface area contributed by atoms with Crippen LogP contribution in [0.4, 0.5) is 0 Å². The molecule has 0 aromatic heterocycles. The second-order valence-corrected chi connectivity index (χ2v) is 25.6. The smallest absolute Gasteiger partial charge is 0.306 e. The van der Waals surface area contributed by atoms with Crippen LogP contribution in [-0.2, 0) is 28.6 Å². The molecule has 0 aliphatic heterocycles. The van der Waals surface area contributed by atoms with Crippen molar-refractivity contribution in [2.45, 2.75) is 438 Å². The molecule has 0 heterocycles. The molecule has 0 aliphatic carbocycles. The molecule has 0 saturated heterocycles. The second-order valence-electron chi connectivity index (χ2n) is 25.6. The lowest BCUT2D eigenvalue weighted by Crippen LogP contribution is -2.30. The summed E-state index contributed by atoms with van der Waals surface area (Å²) in [5.41, 5.74) is 0. The van der Waals surface area contributed by atoms with E-state index in [0.29, 0.717) is 19.3 Å². The minimum atomic E-state index is -0.766. The third-order valence-corrected chi connectivity index (χ3v) is 17.3. The number of esters is 3. The van der Waals surface area contributed by atoms with Gasteiger partial charge < -0.3 is 14.2 Å². The Kier molecular flexibility index (Phi) is 69.0. The zero-order valence-corrected chi connectivity index (χ0v) is 55.4. The number of rotatable bonds is 70. The van der Waals surface area contributed by atoms with Gasteiger partial charge in [0.1, 0.15) is 13.2 Å². The Balaban J connectivity index is 3.96. The fraction of sp³-hybridized carbons (Fsp3) is 0.933. The van der Waals surface area contributed by atoms with Crippen molar-refractivity contribution >= 4 is 17.9 Å². The van der Waals surface area contributed by atoms with Gasteiger partial charge in [0, 0.05) is 19.3 Å². The average molecular weight is 1140 g/mol. The molecular weight excluding hydrogens is 997 g/mol. The zero-order chi connectivity index (χ0) is 58.5. The van der Waals surface area contributed by atoms with Crippen molar-refractivity contribution in [1.29, 1.82) is 0 Å². The molecule has 81 heavy (non-hydrogen) atoms. The summed E-state index contributed by atoms with van der Waals surface area (Å²) < 4.78 is 16.9. The Morgan fingerprint density at radius 3 is 0.617 bits per heavy atom. The van der Waals surface area contributed by atoms with Crippen LogP contribution in [0.15, 0.2) is 12.2 Å². The summed E-state index contributed by atoms with van der Waals surface area (Å²) >= 11 is 0. The molecule has 0 fully saturated rings. The van der Waals surface area contributed by atoms with Gasteiger partial charge in [-0.05, 0) is 44.9 Å². The molecule has 1 unspecified atom stereocenters. The maximum Gasteiger partial charge on any atom is 0.306 e. The number of unbranched alkanes of at least 4 members (excludes halogenated alkanes) is 57. The summed E-state index contributed by atoms with van der Waals surface area (Å²) in [6.45, 7) is 6.70. The fourth-order valence-corrected chi connectivity index (χ4v) is 11.7. The van der Waals surface area contributed by atoms with E-state index in [1.54, 1.807) is 0 Å². The predicted molar refractivity (Wildman–Crippen MR) is 353 cm³/mol. The summed E-state index contributed by atoms with van der Waals surface area (Å²) in [7, 11) is 0. The van der Waals surface area contributed by atoms with Gasteiger partial charge in [-0.25, -0.2) is 0 Å². The van der Waals surface area contributed by atoms with Crippen molar-refractivity contribution in [2.24, 2.45) is 0 Å². The summed E-state index contributed by atoms with van der Waals surface area (Å²) in [5.74, 6) is -0.838. The quantitative estimate of drug-likeness (QED) is 0.0261. The Morgan fingerprint density at radius 2 is 0.407 bits per heavy atom. The standard InChI is InChI=1S/C75H144O6/c1-4-7-10-13-16-19-21-23-25-27-29-30-31-32-33-34-35-36-37-38-39-40-41-42-43-44-46-47-49-51-53-56-59-62-65-68-74(77)80-71-72(70-79-73(76)67-64-61-58-55-18-15-12-9-6-3)81-75(78)69-66-63-60-57-54-52-50-48-45-28-26-24-22-20-17-14-11-8-5-2/h24,26,72H,4-23,25,27-71H2,1-3H3/b26-24-. The molecule has 0 spiro atoms. The molecule has 0 rings (SSSR count). The summed E-state index contributed by atoms with van der Waals surface area (Å²) in [6.07, 6.45) is 85.8. The third-order valence-electron chi connectivity index (χ3n) is 17.3. The molecule has 0 saturated carbocycles. The molecule has 0 aliphatic rings. The van der Waals surface area contributed by atoms with Crippen LogP contribution in [0.25, 0.3) is 0 Å². The van der Waals surface area contributed by atoms with Gasteiger partial charge in [-0.1, -0.05) is 380 Å². The van der Waals surface area contributed by atoms with Crippen LogP contribution >= 0.6 is 0 Å². The molecule has 1 atom stereocenters. The van der Waals surface area contributed by atoms with Crippen molar-refractivity contribution in [3.63, 3.8) is 0 Å². The van der Waals surface area contributed by atoms with Crippen LogP contribution in [0.3, 0.4) is 0 Å². The molecular formula is C75H144O6. The largest absolute Gasteiger partial charge is 0.462 e. The average Bonchev–Trinajstić information content (AvgIpc) is 3.47. The minimum Gasteiger partial charge on any atom is -0.462 e. The van der Waals surface area contributed by atoms with Crippen LogP contribution < -0.4 is 0 Å². The second kappa shape index (κ2) is 70.6. The van der Waals surface area contributed by atoms with Crippen LogP contribution in [0.1, 0.15) is 432 Å².